The Kier molecular flexibility index (Phi) is 5.46. The average molecular weight is 283 g/mol. The number of benzene rings is 1. The van der Waals surface area contributed by atoms with Gasteiger partial charge in [0.2, 0.25) is 0 Å². The Balaban J connectivity index is 1.88. The van der Waals surface area contributed by atoms with E-state index in [1.54, 1.807) is 30.7 Å². The third-order valence-electron chi connectivity index (χ3n) is 2.68. The number of rotatable bonds is 6. The first kappa shape index (κ1) is 14.7. The van der Waals surface area contributed by atoms with Crippen LogP contribution in [0.4, 0.5) is 0 Å². The number of hydrogen-bond acceptors (Lipinski definition) is 4. The van der Waals surface area contributed by atoms with Gasteiger partial charge in [-0.05, 0) is 48.4 Å². The molecule has 0 saturated carbocycles. The molecule has 21 heavy (non-hydrogen) atoms. The average Bonchev–Trinajstić information content (AvgIpc) is 2.55. The molecule has 1 N–H and O–H groups in total. The lowest BCUT2D eigenvalue weighted by Crippen LogP contribution is -2.17. The van der Waals surface area contributed by atoms with Gasteiger partial charge < -0.3 is 4.74 Å². The Labute approximate surface area is 123 Å². The molecule has 0 aliphatic carbocycles. The Morgan fingerprint density at radius 1 is 1.24 bits per heavy atom. The summed E-state index contributed by atoms with van der Waals surface area (Å²) in [6.07, 6.45) is 5.69. The van der Waals surface area contributed by atoms with E-state index in [1.807, 2.05) is 24.3 Å². The molecule has 0 aliphatic heterocycles. The SMILES string of the molecule is CCCOc1ccc(C=NNC(=O)c2ccncc2)cc1. The minimum absolute atomic E-state index is 0.267. The standard InChI is InChI=1S/C16H17N3O2/c1-2-11-21-15-5-3-13(4-6-15)12-18-19-16(20)14-7-9-17-10-8-14/h3-10,12H,2,11H2,1H3,(H,19,20). The molecule has 1 aromatic carbocycles. The fraction of sp³-hybridized carbons (Fsp3) is 0.188. The number of nitrogens with zero attached hydrogens (tertiary/aromatic N) is 2. The molecule has 2 aromatic rings. The summed E-state index contributed by atoms with van der Waals surface area (Å²) in [6, 6.07) is 10.8. The molecule has 1 heterocycles. The van der Waals surface area contributed by atoms with Crippen LogP contribution < -0.4 is 10.2 Å². The van der Waals surface area contributed by atoms with Gasteiger partial charge in [0.1, 0.15) is 5.75 Å². The van der Waals surface area contributed by atoms with Gasteiger partial charge in [-0.3, -0.25) is 9.78 Å². The van der Waals surface area contributed by atoms with Crippen molar-refractivity contribution in [3.8, 4) is 5.75 Å². The van der Waals surface area contributed by atoms with Crippen molar-refractivity contribution in [3.05, 3.63) is 59.9 Å². The molecule has 0 atom stereocenters. The van der Waals surface area contributed by atoms with E-state index in [9.17, 15) is 4.79 Å². The van der Waals surface area contributed by atoms with Crippen LogP contribution >= 0.6 is 0 Å². The normalized spacial score (nSPS) is 10.5. The summed E-state index contributed by atoms with van der Waals surface area (Å²) in [5, 5.41) is 3.92. The third kappa shape index (κ3) is 4.72. The quantitative estimate of drug-likeness (QED) is 0.654. The number of pyridine rings is 1. The van der Waals surface area contributed by atoms with Crippen LogP contribution in [0.3, 0.4) is 0 Å². The first-order valence-corrected chi connectivity index (χ1v) is 6.76. The van der Waals surface area contributed by atoms with E-state index in [2.05, 4.69) is 22.4 Å². The van der Waals surface area contributed by atoms with Gasteiger partial charge in [0.15, 0.2) is 0 Å². The number of carbonyl (C=O) groups excluding carboxylic acids is 1. The second-order valence-electron chi connectivity index (χ2n) is 4.35. The van der Waals surface area contributed by atoms with Crippen LogP contribution in [0, 0.1) is 0 Å². The summed E-state index contributed by atoms with van der Waals surface area (Å²) in [7, 11) is 0. The minimum atomic E-state index is -0.267. The molecule has 0 fully saturated rings. The van der Waals surface area contributed by atoms with Crippen molar-refractivity contribution in [1.29, 1.82) is 0 Å². The van der Waals surface area contributed by atoms with Crippen molar-refractivity contribution >= 4 is 12.1 Å². The van der Waals surface area contributed by atoms with Crippen LogP contribution in [-0.2, 0) is 0 Å². The Morgan fingerprint density at radius 2 is 1.95 bits per heavy atom. The number of nitrogens with one attached hydrogen (secondary N) is 1. The second-order valence-corrected chi connectivity index (χ2v) is 4.35. The summed E-state index contributed by atoms with van der Waals surface area (Å²) in [5.74, 6) is 0.561. The highest BCUT2D eigenvalue weighted by Gasteiger charge is 2.01. The summed E-state index contributed by atoms with van der Waals surface area (Å²) in [5.41, 5.74) is 3.87. The summed E-state index contributed by atoms with van der Waals surface area (Å²) < 4.78 is 5.49. The number of ether oxygens (including phenoxy) is 1. The van der Waals surface area contributed by atoms with Gasteiger partial charge in [0.05, 0.1) is 12.8 Å². The number of hydrogen-bond donors (Lipinski definition) is 1. The zero-order valence-electron chi connectivity index (χ0n) is 11.8. The van der Waals surface area contributed by atoms with E-state index in [4.69, 9.17) is 4.74 Å². The van der Waals surface area contributed by atoms with Gasteiger partial charge in [-0.15, -0.1) is 0 Å². The van der Waals surface area contributed by atoms with E-state index in [-0.39, 0.29) is 5.91 Å². The Morgan fingerprint density at radius 3 is 2.62 bits per heavy atom. The van der Waals surface area contributed by atoms with Crippen LogP contribution in [0.1, 0.15) is 29.3 Å². The van der Waals surface area contributed by atoms with Crippen LogP contribution in [0.15, 0.2) is 53.9 Å². The lowest BCUT2D eigenvalue weighted by molar-refractivity contribution is 0.0955. The third-order valence-corrected chi connectivity index (χ3v) is 2.68. The van der Waals surface area contributed by atoms with Crippen LogP contribution in [0.25, 0.3) is 0 Å². The molecule has 0 aliphatic rings. The van der Waals surface area contributed by atoms with Crippen LogP contribution in [0.5, 0.6) is 5.75 Å². The summed E-state index contributed by atoms with van der Waals surface area (Å²) >= 11 is 0. The first-order chi connectivity index (χ1) is 10.3. The zero-order chi connectivity index (χ0) is 14.9. The smallest absolute Gasteiger partial charge is 0.271 e. The van der Waals surface area contributed by atoms with Gasteiger partial charge >= 0.3 is 0 Å². The molecule has 1 amide bonds. The van der Waals surface area contributed by atoms with Crippen LogP contribution in [-0.4, -0.2) is 23.7 Å². The van der Waals surface area contributed by atoms with Crippen molar-refractivity contribution in [2.75, 3.05) is 6.61 Å². The molecular formula is C16H17N3O2. The number of hydrazone groups is 1. The Hall–Kier alpha value is -2.69. The van der Waals surface area contributed by atoms with E-state index in [0.29, 0.717) is 12.2 Å². The lowest BCUT2D eigenvalue weighted by Gasteiger charge is -2.03. The number of carbonyl (C=O) groups is 1. The lowest BCUT2D eigenvalue weighted by atomic mass is 10.2. The fourth-order valence-electron chi connectivity index (χ4n) is 1.60. The fourth-order valence-corrected chi connectivity index (χ4v) is 1.60. The summed E-state index contributed by atoms with van der Waals surface area (Å²) in [6.45, 7) is 2.77. The molecule has 0 spiro atoms. The second kappa shape index (κ2) is 7.79. The molecule has 5 nitrogen and oxygen atoms in total. The molecule has 2 rings (SSSR count). The highest BCUT2D eigenvalue weighted by Crippen LogP contribution is 2.11. The van der Waals surface area contributed by atoms with E-state index < -0.39 is 0 Å². The molecule has 0 saturated heterocycles. The van der Waals surface area contributed by atoms with Crippen molar-refractivity contribution in [2.24, 2.45) is 5.10 Å². The van der Waals surface area contributed by atoms with Crippen molar-refractivity contribution in [3.63, 3.8) is 0 Å². The highest BCUT2D eigenvalue weighted by molar-refractivity contribution is 5.94. The maximum Gasteiger partial charge on any atom is 0.271 e. The van der Waals surface area contributed by atoms with E-state index in [1.165, 1.54) is 0 Å². The molecule has 1 aromatic heterocycles. The van der Waals surface area contributed by atoms with Gasteiger partial charge in [-0.25, -0.2) is 5.43 Å². The van der Waals surface area contributed by atoms with Gasteiger partial charge in [-0.2, -0.15) is 5.10 Å². The molecule has 0 unspecified atom stereocenters. The highest BCUT2D eigenvalue weighted by atomic mass is 16.5. The monoisotopic (exact) mass is 283 g/mol. The molecule has 0 bridgehead atoms. The molecule has 5 heteroatoms. The van der Waals surface area contributed by atoms with Crippen molar-refractivity contribution < 1.29 is 9.53 Å². The predicted octanol–water partition coefficient (Wildman–Crippen LogP) is 2.63. The van der Waals surface area contributed by atoms with Gasteiger partial charge in [0.25, 0.3) is 5.91 Å². The number of amides is 1. The predicted molar refractivity (Wildman–Crippen MR) is 81.5 cm³/mol. The topological polar surface area (TPSA) is 63.6 Å². The maximum atomic E-state index is 11.7. The van der Waals surface area contributed by atoms with E-state index >= 15 is 0 Å². The summed E-state index contributed by atoms with van der Waals surface area (Å²) in [4.78, 5) is 15.6. The molecule has 0 radical (unpaired) electrons. The van der Waals surface area contributed by atoms with E-state index in [0.717, 1.165) is 17.7 Å². The maximum absolute atomic E-state index is 11.7. The van der Waals surface area contributed by atoms with Gasteiger partial charge in [0, 0.05) is 18.0 Å². The van der Waals surface area contributed by atoms with Crippen molar-refractivity contribution in [1.82, 2.24) is 10.4 Å². The van der Waals surface area contributed by atoms with Gasteiger partial charge in [-0.1, -0.05) is 6.92 Å². The zero-order valence-corrected chi connectivity index (χ0v) is 11.8. The number of aromatic nitrogens is 1. The minimum Gasteiger partial charge on any atom is -0.494 e. The first-order valence-electron chi connectivity index (χ1n) is 6.76. The molecular weight excluding hydrogens is 266 g/mol. The molecule has 108 valence electrons. The Bertz CT molecular complexity index is 595. The van der Waals surface area contributed by atoms with Crippen molar-refractivity contribution in [2.45, 2.75) is 13.3 Å². The largest absolute Gasteiger partial charge is 0.494 e. The van der Waals surface area contributed by atoms with Crippen LogP contribution in [0.2, 0.25) is 0 Å².